The van der Waals surface area contributed by atoms with Crippen LogP contribution in [0.4, 0.5) is 0 Å². The summed E-state index contributed by atoms with van der Waals surface area (Å²) >= 11 is 0. The van der Waals surface area contributed by atoms with Crippen LogP contribution in [0.25, 0.3) is 0 Å². The maximum Gasteiger partial charge on any atom is 0.0218 e. The number of likely N-dealkylation sites (N-methyl/N-ethyl adjacent to an activating group) is 1. The van der Waals surface area contributed by atoms with E-state index in [1.165, 1.54) is 51.9 Å². The Morgan fingerprint density at radius 1 is 1.25 bits per heavy atom. The molecule has 1 saturated carbocycles. The zero-order valence-electron chi connectivity index (χ0n) is 14.3. The third-order valence-corrected chi connectivity index (χ3v) is 5.85. The van der Waals surface area contributed by atoms with Gasteiger partial charge in [-0.2, -0.15) is 0 Å². The van der Waals surface area contributed by atoms with Crippen molar-refractivity contribution in [2.45, 2.75) is 58.5 Å². The van der Waals surface area contributed by atoms with E-state index in [-0.39, 0.29) is 0 Å². The Labute approximate surface area is 126 Å². The minimum atomic E-state index is 0.453. The van der Waals surface area contributed by atoms with Crippen LogP contribution in [0.5, 0.6) is 0 Å². The highest BCUT2D eigenvalue weighted by atomic mass is 15.3. The number of piperazine rings is 1. The Bertz CT molecular complexity index is 303. The van der Waals surface area contributed by atoms with E-state index in [2.05, 4.69) is 50.0 Å². The zero-order valence-corrected chi connectivity index (χ0v) is 14.3. The first-order valence-corrected chi connectivity index (χ1v) is 8.57. The molecule has 3 heteroatoms. The second-order valence-corrected chi connectivity index (χ2v) is 7.71. The first kappa shape index (κ1) is 16.3. The highest BCUT2D eigenvalue weighted by molar-refractivity contribution is 4.94. The van der Waals surface area contributed by atoms with Crippen molar-refractivity contribution in [2.75, 3.05) is 40.3 Å². The largest absolute Gasteiger partial charge is 0.316 e. The Balaban J connectivity index is 1.94. The van der Waals surface area contributed by atoms with Crippen molar-refractivity contribution < 1.29 is 0 Å². The van der Waals surface area contributed by atoms with Crippen molar-refractivity contribution in [3.05, 3.63) is 0 Å². The van der Waals surface area contributed by atoms with Crippen LogP contribution in [-0.2, 0) is 0 Å². The minimum absolute atomic E-state index is 0.453. The molecule has 0 aromatic rings. The van der Waals surface area contributed by atoms with Gasteiger partial charge in [-0.25, -0.2) is 0 Å². The van der Waals surface area contributed by atoms with E-state index in [0.29, 0.717) is 11.5 Å². The van der Waals surface area contributed by atoms with E-state index in [1.54, 1.807) is 0 Å². The van der Waals surface area contributed by atoms with E-state index >= 15 is 0 Å². The summed E-state index contributed by atoms with van der Waals surface area (Å²) in [6, 6.07) is 1.43. The van der Waals surface area contributed by atoms with E-state index in [4.69, 9.17) is 0 Å². The van der Waals surface area contributed by atoms with E-state index < -0.39 is 0 Å². The number of hydrogen-bond donors (Lipinski definition) is 1. The van der Waals surface area contributed by atoms with Crippen molar-refractivity contribution in [2.24, 2.45) is 11.3 Å². The van der Waals surface area contributed by atoms with E-state index in [0.717, 1.165) is 12.0 Å². The van der Waals surface area contributed by atoms with Gasteiger partial charge in [0.2, 0.25) is 0 Å². The fraction of sp³-hybridized carbons (Fsp3) is 1.00. The van der Waals surface area contributed by atoms with Gasteiger partial charge in [-0.05, 0) is 44.7 Å². The second-order valence-electron chi connectivity index (χ2n) is 7.71. The molecule has 2 fully saturated rings. The molecule has 0 aromatic heterocycles. The molecule has 20 heavy (non-hydrogen) atoms. The van der Waals surface area contributed by atoms with Gasteiger partial charge in [-0.15, -0.1) is 0 Å². The molecule has 2 rings (SSSR count). The van der Waals surface area contributed by atoms with Crippen LogP contribution in [0.1, 0.15) is 46.5 Å². The molecule has 1 aliphatic heterocycles. The molecule has 2 aliphatic rings. The summed E-state index contributed by atoms with van der Waals surface area (Å²) in [5, 5.41) is 3.63. The molecule has 1 N–H and O–H groups in total. The molecular formula is C17H35N3. The van der Waals surface area contributed by atoms with Crippen LogP contribution >= 0.6 is 0 Å². The molecule has 0 spiro atoms. The SMILES string of the molecule is CCC1CN(CC2CCCC(C)(C)C2NC)CCN1C. The first-order valence-electron chi connectivity index (χ1n) is 8.57. The number of nitrogens with one attached hydrogen (secondary N) is 1. The Morgan fingerprint density at radius 3 is 2.65 bits per heavy atom. The molecule has 0 aromatic carbocycles. The average molecular weight is 281 g/mol. The fourth-order valence-electron chi connectivity index (χ4n) is 4.55. The van der Waals surface area contributed by atoms with Crippen LogP contribution in [0.3, 0.4) is 0 Å². The summed E-state index contributed by atoms with van der Waals surface area (Å²) in [4.78, 5) is 5.27. The molecule has 3 nitrogen and oxygen atoms in total. The number of nitrogens with zero attached hydrogens (tertiary/aromatic N) is 2. The Kier molecular flexibility index (Phi) is 5.49. The molecule has 0 bridgehead atoms. The van der Waals surface area contributed by atoms with Crippen molar-refractivity contribution in [1.29, 1.82) is 0 Å². The van der Waals surface area contributed by atoms with Gasteiger partial charge in [-0.1, -0.05) is 27.2 Å². The van der Waals surface area contributed by atoms with Gasteiger partial charge in [0.05, 0.1) is 0 Å². The van der Waals surface area contributed by atoms with Crippen LogP contribution in [0, 0.1) is 11.3 Å². The molecule has 3 atom stereocenters. The van der Waals surface area contributed by atoms with Crippen molar-refractivity contribution in [1.82, 2.24) is 15.1 Å². The summed E-state index contributed by atoms with van der Waals surface area (Å²) in [6.07, 6.45) is 5.45. The summed E-state index contributed by atoms with van der Waals surface area (Å²) in [7, 11) is 4.44. The molecule has 1 heterocycles. The van der Waals surface area contributed by atoms with Gasteiger partial charge in [-0.3, -0.25) is 0 Å². The minimum Gasteiger partial charge on any atom is -0.316 e. The summed E-state index contributed by atoms with van der Waals surface area (Å²) < 4.78 is 0. The lowest BCUT2D eigenvalue weighted by molar-refractivity contribution is 0.0440. The highest BCUT2D eigenvalue weighted by Crippen LogP contribution is 2.39. The molecule has 3 unspecified atom stereocenters. The lowest BCUT2D eigenvalue weighted by Gasteiger charge is -2.47. The number of hydrogen-bond acceptors (Lipinski definition) is 3. The summed E-state index contributed by atoms with van der Waals surface area (Å²) in [5.41, 5.74) is 0.453. The molecule has 0 amide bonds. The quantitative estimate of drug-likeness (QED) is 0.854. The Hall–Kier alpha value is -0.120. The van der Waals surface area contributed by atoms with Crippen LogP contribution in [0.15, 0.2) is 0 Å². The van der Waals surface area contributed by atoms with Gasteiger partial charge in [0, 0.05) is 38.3 Å². The maximum absolute atomic E-state index is 3.63. The third kappa shape index (κ3) is 3.55. The normalized spacial score (nSPS) is 36.1. The Morgan fingerprint density at radius 2 is 2.00 bits per heavy atom. The zero-order chi connectivity index (χ0) is 14.8. The van der Waals surface area contributed by atoms with Gasteiger partial charge in [0.15, 0.2) is 0 Å². The lowest BCUT2D eigenvalue weighted by atomic mass is 9.68. The molecular weight excluding hydrogens is 246 g/mol. The van der Waals surface area contributed by atoms with E-state index in [1.807, 2.05) is 0 Å². The van der Waals surface area contributed by atoms with E-state index in [9.17, 15) is 0 Å². The molecule has 1 aliphatic carbocycles. The van der Waals surface area contributed by atoms with Gasteiger partial charge in [0.1, 0.15) is 0 Å². The molecule has 1 saturated heterocycles. The van der Waals surface area contributed by atoms with Crippen LogP contribution in [-0.4, -0.2) is 62.2 Å². The third-order valence-electron chi connectivity index (χ3n) is 5.85. The van der Waals surface area contributed by atoms with Gasteiger partial charge < -0.3 is 15.1 Å². The number of rotatable bonds is 4. The summed E-state index contributed by atoms with van der Waals surface area (Å²) in [6.45, 7) is 12.3. The smallest absolute Gasteiger partial charge is 0.0218 e. The molecule has 118 valence electrons. The van der Waals surface area contributed by atoms with Crippen molar-refractivity contribution in [3.63, 3.8) is 0 Å². The van der Waals surface area contributed by atoms with Crippen LogP contribution in [0.2, 0.25) is 0 Å². The molecule has 0 radical (unpaired) electrons. The fourth-order valence-corrected chi connectivity index (χ4v) is 4.55. The predicted octanol–water partition coefficient (Wildman–Crippen LogP) is 2.43. The highest BCUT2D eigenvalue weighted by Gasteiger charge is 2.39. The second kappa shape index (κ2) is 6.76. The topological polar surface area (TPSA) is 18.5 Å². The summed E-state index contributed by atoms with van der Waals surface area (Å²) in [5.74, 6) is 0.824. The maximum atomic E-state index is 3.63. The lowest BCUT2D eigenvalue weighted by Crippen LogP contribution is -2.56. The average Bonchev–Trinajstić information content (AvgIpc) is 2.40. The van der Waals surface area contributed by atoms with Gasteiger partial charge in [0.25, 0.3) is 0 Å². The predicted molar refractivity (Wildman–Crippen MR) is 87.1 cm³/mol. The van der Waals surface area contributed by atoms with Crippen LogP contribution < -0.4 is 5.32 Å². The van der Waals surface area contributed by atoms with Crippen molar-refractivity contribution in [3.8, 4) is 0 Å². The first-order chi connectivity index (χ1) is 9.47. The van der Waals surface area contributed by atoms with Crippen molar-refractivity contribution >= 4 is 0 Å². The standard InChI is InChI=1S/C17H35N3/c1-6-15-13-20(11-10-19(15)5)12-14-8-7-9-17(2,3)16(14)18-4/h14-16,18H,6-13H2,1-5H3. The van der Waals surface area contributed by atoms with Gasteiger partial charge >= 0.3 is 0 Å². The monoisotopic (exact) mass is 281 g/mol.